The van der Waals surface area contributed by atoms with E-state index in [0.29, 0.717) is 5.92 Å². The molecule has 4 aliphatic heterocycles. The van der Waals surface area contributed by atoms with Crippen molar-refractivity contribution in [2.75, 3.05) is 32.7 Å². The lowest BCUT2D eigenvalue weighted by Crippen LogP contribution is -2.56. The second kappa shape index (κ2) is 6.73. The monoisotopic (exact) mass is 329 g/mol. The molecule has 0 spiro atoms. The van der Waals surface area contributed by atoms with Crippen LogP contribution in [0.3, 0.4) is 0 Å². The number of carbonyl (C=O) groups excluding carboxylic acids is 1. The Bertz CT molecular complexity index is 563. The summed E-state index contributed by atoms with van der Waals surface area (Å²) in [6, 6.07) is 10.3. The van der Waals surface area contributed by atoms with E-state index in [1.807, 2.05) is 18.2 Å². The van der Waals surface area contributed by atoms with Gasteiger partial charge in [-0.15, -0.1) is 0 Å². The molecule has 0 aromatic heterocycles. The van der Waals surface area contributed by atoms with Crippen LogP contribution in [0.1, 0.15) is 31.2 Å². The third-order valence-electron chi connectivity index (χ3n) is 5.98. The van der Waals surface area contributed by atoms with Crippen molar-refractivity contribution in [3.05, 3.63) is 35.9 Å². The van der Waals surface area contributed by atoms with Crippen molar-refractivity contribution in [3.8, 4) is 0 Å². The van der Waals surface area contributed by atoms with E-state index in [4.69, 9.17) is 4.74 Å². The Labute approximate surface area is 143 Å². The Balaban J connectivity index is 1.45. The fourth-order valence-electron chi connectivity index (χ4n) is 4.50. The van der Waals surface area contributed by atoms with Gasteiger partial charge in [-0.2, -0.15) is 0 Å². The van der Waals surface area contributed by atoms with Crippen molar-refractivity contribution in [1.82, 2.24) is 15.5 Å². The number of amides is 1. The normalized spacial score (nSPS) is 31.4. The molecular formula is C19H27N3O2. The summed E-state index contributed by atoms with van der Waals surface area (Å²) in [5.74, 6) is 0.543. The molecular weight excluding hydrogens is 302 g/mol. The first-order valence-corrected chi connectivity index (χ1v) is 9.23. The summed E-state index contributed by atoms with van der Waals surface area (Å²) in [5.41, 5.74) is 0.870. The second-order valence-electron chi connectivity index (χ2n) is 7.40. The van der Waals surface area contributed by atoms with Gasteiger partial charge in [0.25, 0.3) is 0 Å². The van der Waals surface area contributed by atoms with E-state index in [2.05, 4.69) is 27.7 Å². The van der Waals surface area contributed by atoms with Crippen LogP contribution in [0.25, 0.3) is 0 Å². The fourth-order valence-corrected chi connectivity index (χ4v) is 4.50. The zero-order valence-corrected chi connectivity index (χ0v) is 14.2. The molecule has 4 saturated heterocycles. The SMILES string of the molecule is O=C(NC1(c2ccccc2)CCNCC1)O[C@H]1CN2CCC1CC2. The van der Waals surface area contributed by atoms with Crippen LogP contribution in [0.4, 0.5) is 4.79 Å². The Hall–Kier alpha value is -1.59. The first kappa shape index (κ1) is 15.9. The minimum absolute atomic E-state index is 0.0574. The van der Waals surface area contributed by atoms with Crippen LogP contribution >= 0.6 is 0 Å². The molecule has 1 atom stereocenters. The number of hydrogen-bond donors (Lipinski definition) is 2. The van der Waals surface area contributed by atoms with E-state index in [1.165, 1.54) is 5.56 Å². The molecule has 0 aliphatic carbocycles. The maximum atomic E-state index is 12.7. The van der Waals surface area contributed by atoms with Crippen molar-refractivity contribution >= 4 is 6.09 Å². The summed E-state index contributed by atoms with van der Waals surface area (Å²) in [5, 5.41) is 6.62. The average Bonchev–Trinajstić information content (AvgIpc) is 2.64. The molecule has 4 aliphatic rings. The lowest BCUT2D eigenvalue weighted by atomic mass is 9.81. The van der Waals surface area contributed by atoms with Gasteiger partial charge in [0.05, 0.1) is 5.54 Å². The van der Waals surface area contributed by atoms with Gasteiger partial charge in [0.15, 0.2) is 0 Å². The summed E-state index contributed by atoms with van der Waals surface area (Å²) in [4.78, 5) is 15.1. The number of piperidine rings is 4. The Morgan fingerprint density at radius 2 is 1.88 bits per heavy atom. The van der Waals surface area contributed by atoms with Crippen LogP contribution < -0.4 is 10.6 Å². The maximum absolute atomic E-state index is 12.7. The van der Waals surface area contributed by atoms with E-state index >= 15 is 0 Å². The number of ether oxygens (including phenoxy) is 1. The highest BCUT2D eigenvalue weighted by Crippen LogP contribution is 2.32. The molecule has 5 rings (SSSR count). The molecule has 1 amide bonds. The first-order valence-electron chi connectivity index (χ1n) is 9.23. The molecule has 24 heavy (non-hydrogen) atoms. The maximum Gasteiger partial charge on any atom is 0.408 e. The van der Waals surface area contributed by atoms with Crippen molar-refractivity contribution in [2.45, 2.75) is 37.3 Å². The predicted molar refractivity (Wildman–Crippen MR) is 92.8 cm³/mol. The van der Waals surface area contributed by atoms with E-state index in [0.717, 1.165) is 58.4 Å². The third-order valence-corrected chi connectivity index (χ3v) is 5.98. The van der Waals surface area contributed by atoms with Crippen LogP contribution in [0, 0.1) is 5.92 Å². The second-order valence-corrected chi connectivity index (χ2v) is 7.40. The van der Waals surface area contributed by atoms with Crippen molar-refractivity contribution in [2.24, 2.45) is 5.92 Å². The molecule has 1 aromatic carbocycles. The van der Waals surface area contributed by atoms with Crippen LogP contribution in [-0.4, -0.2) is 49.8 Å². The van der Waals surface area contributed by atoms with Gasteiger partial charge in [-0.3, -0.25) is 4.90 Å². The van der Waals surface area contributed by atoms with Gasteiger partial charge in [0, 0.05) is 6.54 Å². The lowest BCUT2D eigenvalue weighted by molar-refractivity contribution is -0.0360. The standard InChI is InChI=1S/C19H27N3O2/c23-18(24-17-14-22-12-6-15(17)7-13-22)21-19(8-10-20-11-9-19)16-4-2-1-3-5-16/h1-5,15,17,20H,6-14H2,(H,21,23)/t17-/m0/s1. The molecule has 5 nitrogen and oxygen atoms in total. The van der Waals surface area contributed by atoms with Gasteiger partial charge >= 0.3 is 6.09 Å². The number of carbonyl (C=O) groups is 1. The molecule has 2 bridgehead atoms. The zero-order chi connectivity index (χ0) is 16.4. The highest BCUT2D eigenvalue weighted by atomic mass is 16.6. The molecule has 0 radical (unpaired) electrons. The number of hydrogen-bond acceptors (Lipinski definition) is 4. The molecule has 4 heterocycles. The van der Waals surface area contributed by atoms with Crippen LogP contribution in [-0.2, 0) is 10.3 Å². The number of fused-ring (bicyclic) bond motifs is 3. The molecule has 5 heteroatoms. The van der Waals surface area contributed by atoms with Crippen LogP contribution in [0.15, 0.2) is 30.3 Å². The summed E-state index contributed by atoms with van der Waals surface area (Å²) in [7, 11) is 0. The van der Waals surface area contributed by atoms with Crippen molar-refractivity contribution in [1.29, 1.82) is 0 Å². The molecule has 2 N–H and O–H groups in total. The molecule has 1 aromatic rings. The predicted octanol–water partition coefficient (Wildman–Crippen LogP) is 2.09. The summed E-state index contributed by atoms with van der Waals surface area (Å²) >= 11 is 0. The van der Waals surface area contributed by atoms with Crippen LogP contribution in [0.2, 0.25) is 0 Å². The van der Waals surface area contributed by atoms with Crippen LogP contribution in [0.5, 0.6) is 0 Å². The number of benzene rings is 1. The number of alkyl carbamates (subject to hydrolysis) is 1. The molecule has 130 valence electrons. The van der Waals surface area contributed by atoms with Gasteiger partial charge in [0.2, 0.25) is 0 Å². The van der Waals surface area contributed by atoms with E-state index in [9.17, 15) is 4.79 Å². The van der Waals surface area contributed by atoms with E-state index < -0.39 is 0 Å². The van der Waals surface area contributed by atoms with E-state index in [-0.39, 0.29) is 17.7 Å². The van der Waals surface area contributed by atoms with Gasteiger partial charge < -0.3 is 15.4 Å². The topological polar surface area (TPSA) is 53.6 Å². The quantitative estimate of drug-likeness (QED) is 0.891. The third kappa shape index (κ3) is 3.15. The minimum Gasteiger partial charge on any atom is -0.445 e. The zero-order valence-electron chi connectivity index (χ0n) is 14.2. The summed E-state index contributed by atoms with van der Waals surface area (Å²) in [6.07, 6.45) is 3.91. The van der Waals surface area contributed by atoms with Crippen molar-refractivity contribution in [3.63, 3.8) is 0 Å². The number of nitrogens with zero attached hydrogens (tertiary/aromatic N) is 1. The highest BCUT2D eigenvalue weighted by Gasteiger charge is 2.39. The lowest BCUT2D eigenvalue weighted by Gasteiger charge is -2.44. The van der Waals surface area contributed by atoms with Gasteiger partial charge in [-0.05, 0) is 63.3 Å². The minimum atomic E-state index is -0.308. The molecule has 4 fully saturated rings. The summed E-state index contributed by atoms with van der Waals surface area (Å²) < 4.78 is 5.86. The molecule has 0 unspecified atom stereocenters. The van der Waals surface area contributed by atoms with Gasteiger partial charge in [-0.1, -0.05) is 30.3 Å². The smallest absolute Gasteiger partial charge is 0.408 e. The fraction of sp³-hybridized carbons (Fsp3) is 0.632. The van der Waals surface area contributed by atoms with Crippen molar-refractivity contribution < 1.29 is 9.53 Å². The highest BCUT2D eigenvalue weighted by molar-refractivity contribution is 5.69. The van der Waals surface area contributed by atoms with Gasteiger partial charge in [-0.25, -0.2) is 4.79 Å². The Morgan fingerprint density at radius 1 is 1.17 bits per heavy atom. The van der Waals surface area contributed by atoms with Gasteiger partial charge in [0.1, 0.15) is 6.10 Å². The number of rotatable bonds is 3. The first-order chi connectivity index (χ1) is 11.8. The Morgan fingerprint density at radius 3 is 2.50 bits per heavy atom. The van der Waals surface area contributed by atoms with E-state index in [1.54, 1.807) is 0 Å². The largest absolute Gasteiger partial charge is 0.445 e. The number of nitrogens with one attached hydrogen (secondary N) is 2. The summed E-state index contributed by atoms with van der Waals surface area (Å²) in [6.45, 7) is 5.04. The Kier molecular flexibility index (Phi) is 4.46. The average molecular weight is 329 g/mol. The molecule has 0 saturated carbocycles.